The van der Waals surface area contributed by atoms with Gasteiger partial charge >= 0.3 is 11.9 Å². The number of hydrogen-bond acceptors (Lipinski definition) is 4. The van der Waals surface area contributed by atoms with Crippen LogP contribution in [0.25, 0.3) is 0 Å². The molecule has 18 heavy (non-hydrogen) atoms. The van der Waals surface area contributed by atoms with Gasteiger partial charge in [0, 0.05) is 6.04 Å². The number of nitrogens with one attached hydrogen (secondary N) is 1. The minimum atomic E-state index is -0.942. The second-order valence-corrected chi connectivity index (χ2v) is 4.31. The van der Waals surface area contributed by atoms with E-state index in [1.54, 1.807) is 0 Å². The third kappa shape index (κ3) is 2.36. The minimum absolute atomic E-state index is 0.252. The summed E-state index contributed by atoms with van der Waals surface area (Å²) in [6, 6.07) is 8.33. The summed E-state index contributed by atoms with van der Waals surface area (Å²) < 4.78 is 4.74. The third-order valence-electron chi connectivity index (χ3n) is 3.23. The topological polar surface area (TPSA) is 75.6 Å². The first kappa shape index (κ1) is 12.6. The minimum Gasteiger partial charge on any atom is -0.480 e. The molecule has 1 aliphatic rings. The number of rotatable bonds is 3. The fourth-order valence-corrected chi connectivity index (χ4v) is 2.34. The van der Waals surface area contributed by atoms with E-state index in [0.717, 1.165) is 5.56 Å². The van der Waals surface area contributed by atoms with E-state index in [4.69, 9.17) is 9.84 Å². The summed E-state index contributed by atoms with van der Waals surface area (Å²) in [4.78, 5) is 22.7. The Hall–Kier alpha value is -1.88. The normalized spacial score (nSPS) is 26.8. The van der Waals surface area contributed by atoms with Gasteiger partial charge in [0.2, 0.25) is 0 Å². The number of carbonyl (C=O) groups is 2. The molecule has 0 aromatic heterocycles. The molecule has 2 N–H and O–H groups in total. The first-order valence-corrected chi connectivity index (χ1v) is 5.75. The average Bonchev–Trinajstić information content (AvgIpc) is 2.84. The summed E-state index contributed by atoms with van der Waals surface area (Å²) in [6.07, 6.45) is 0.252. The van der Waals surface area contributed by atoms with E-state index in [0.29, 0.717) is 0 Å². The lowest BCUT2D eigenvalue weighted by Gasteiger charge is -2.17. The Balaban J connectivity index is 2.26. The fourth-order valence-electron chi connectivity index (χ4n) is 2.34. The van der Waals surface area contributed by atoms with Gasteiger partial charge in [-0.1, -0.05) is 30.3 Å². The Labute approximate surface area is 105 Å². The monoisotopic (exact) mass is 249 g/mol. The molecule has 0 amide bonds. The van der Waals surface area contributed by atoms with Crippen LogP contribution in [0.3, 0.4) is 0 Å². The van der Waals surface area contributed by atoms with Crippen LogP contribution >= 0.6 is 0 Å². The molecule has 1 heterocycles. The van der Waals surface area contributed by atoms with E-state index in [1.807, 2.05) is 30.3 Å². The second kappa shape index (κ2) is 5.18. The standard InChI is InChI=1S/C13H15NO4/c1-18-13(17)9-7-10(12(15)16)14-11(9)8-5-3-2-4-6-8/h2-6,9-11,14H,7H2,1H3,(H,15,16)/t9-,10-,11-/m1/s1. The SMILES string of the molecule is COC(=O)[C@@H]1C[C@H](C(=O)O)N[C@@H]1c1ccccc1. The lowest BCUT2D eigenvalue weighted by molar-refractivity contribution is -0.145. The van der Waals surface area contributed by atoms with Crippen molar-refractivity contribution in [3.05, 3.63) is 35.9 Å². The highest BCUT2D eigenvalue weighted by Crippen LogP contribution is 2.33. The number of methoxy groups -OCH3 is 1. The van der Waals surface area contributed by atoms with E-state index in [-0.39, 0.29) is 18.4 Å². The maximum atomic E-state index is 11.7. The van der Waals surface area contributed by atoms with Gasteiger partial charge in [0.1, 0.15) is 6.04 Å². The lowest BCUT2D eigenvalue weighted by atomic mass is 9.93. The van der Waals surface area contributed by atoms with Crippen molar-refractivity contribution in [2.75, 3.05) is 7.11 Å². The number of ether oxygens (including phenoxy) is 1. The molecule has 0 aliphatic carbocycles. The zero-order valence-electron chi connectivity index (χ0n) is 10.00. The van der Waals surface area contributed by atoms with Crippen molar-refractivity contribution in [2.24, 2.45) is 5.92 Å². The van der Waals surface area contributed by atoms with Gasteiger partial charge in [-0.3, -0.25) is 14.9 Å². The quantitative estimate of drug-likeness (QED) is 0.780. The van der Waals surface area contributed by atoms with Crippen molar-refractivity contribution in [3.8, 4) is 0 Å². The van der Waals surface area contributed by atoms with Crippen LogP contribution in [0, 0.1) is 5.92 Å². The highest BCUT2D eigenvalue weighted by molar-refractivity contribution is 5.79. The zero-order chi connectivity index (χ0) is 13.1. The molecule has 1 aromatic carbocycles. The van der Waals surface area contributed by atoms with Crippen LogP contribution in [-0.2, 0) is 14.3 Å². The maximum absolute atomic E-state index is 11.7. The highest BCUT2D eigenvalue weighted by Gasteiger charge is 2.42. The van der Waals surface area contributed by atoms with Crippen LogP contribution in [0.15, 0.2) is 30.3 Å². The van der Waals surface area contributed by atoms with Crippen LogP contribution < -0.4 is 5.32 Å². The summed E-state index contributed by atoms with van der Waals surface area (Å²) >= 11 is 0. The van der Waals surface area contributed by atoms with Crippen LogP contribution in [0.5, 0.6) is 0 Å². The van der Waals surface area contributed by atoms with Gasteiger partial charge in [-0.05, 0) is 12.0 Å². The maximum Gasteiger partial charge on any atom is 0.320 e. The van der Waals surface area contributed by atoms with E-state index in [9.17, 15) is 9.59 Å². The molecule has 0 unspecified atom stereocenters. The number of carboxylic acid groups (broad SMARTS) is 1. The Kier molecular flexibility index (Phi) is 3.62. The first-order chi connectivity index (χ1) is 8.63. The summed E-state index contributed by atoms with van der Waals surface area (Å²) in [6.45, 7) is 0. The molecule has 96 valence electrons. The molecule has 0 radical (unpaired) electrons. The smallest absolute Gasteiger partial charge is 0.320 e. The second-order valence-electron chi connectivity index (χ2n) is 4.31. The highest BCUT2D eigenvalue weighted by atomic mass is 16.5. The van der Waals surface area contributed by atoms with Gasteiger partial charge in [-0.25, -0.2) is 0 Å². The molecule has 0 saturated carbocycles. The van der Waals surface area contributed by atoms with Crippen molar-refractivity contribution in [2.45, 2.75) is 18.5 Å². The van der Waals surface area contributed by atoms with Gasteiger partial charge < -0.3 is 9.84 Å². The summed E-state index contributed by atoms with van der Waals surface area (Å²) in [7, 11) is 1.32. The molecule has 5 nitrogen and oxygen atoms in total. The number of aliphatic carboxylic acids is 1. The summed E-state index contributed by atoms with van der Waals surface area (Å²) in [5, 5.41) is 12.0. The van der Waals surface area contributed by atoms with E-state index < -0.39 is 17.9 Å². The third-order valence-corrected chi connectivity index (χ3v) is 3.23. The van der Waals surface area contributed by atoms with Crippen molar-refractivity contribution in [3.63, 3.8) is 0 Å². The molecule has 1 aromatic rings. The number of carboxylic acids is 1. The van der Waals surface area contributed by atoms with E-state index >= 15 is 0 Å². The van der Waals surface area contributed by atoms with Crippen LogP contribution in [-0.4, -0.2) is 30.2 Å². The molecule has 1 saturated heterocycles. The van der Waals surface area contributed by atoms with Crippen LogP contribution in [0.1, 0.15) is 18.0 Å². The number of carbonyl (C=O) groups excluding carboxylic acids is 1. The average molecular weight is 249 g/mol. The molecule has 1 aliphatic heterocycles. The Morgan fingerprint density at radius 2 is 2.00 bits per heavy atom. The van der Waals surface area contributed by atoms with Gasteiger partial charge in [0.05, 0.1) is 13.0 Å². The molecule has 0 spiro atoms. The van der Waals surface area contributed by atoms with Crippen molar-refractivity contribution in [1.82, 2.24) is 5.32 Å². The fraction of sp³-hybridized carbons (Fsp3) is 0.385. The van der Waals surface area contributed by atoms with Gasteiger partial charge in [0.25, 0.3) is 0 Å². The van der Waals surface area contributed by atoms with E-state index in [1.165, 1.54) is 7.11 Å². The number of hydrogen-bond donors (Lipinski definition) is 2. The molecular weight excluding hydrogens is 234 g/mol. The predicted octanol–water partition coefficient (Wildman–Crippen LogP) is 0.963. The molecule has 2 rings (SSSR count). The Morgan fingerprint density at radius 1 is 1.33 bits per heavy atom. The van der Waals surface area contributed by atoms with Gasteiger partial charge in [-0.2, -0.15) is 0 Å². The van der Waals surface area contributed by atoms with Gasteiger partial charge in [0.15, 0.2) is 0 Å². The van der Waals surface area contributed by atoms with Crippen molar-refractivity contribution < 1.29 is 19.4 Å². The lowest BCUT2D eigenvalue weighted by Crippen LogP contribution is -2.32. The first-order valence-electron chi connectivity index (χ1n) is 5.75. The zero-order valence-corrected chi connectivity index (χ0v) is 10.00. The van der Waals surface area contributed by atoms with Gasteiger partial charge in [-0.15, -0.1) is 0 Å². The summed E-state index contributed by atoms with van der Waals surface area (Å²) in [5.41, 5.74) is 0.900. The largest absolute Gasteiger partial charge is 0.480 e. The molecule has 5 heteroatoms. The number of benzene rings is 1. The summed E-state index contributed by atoms with van der Waals surface area (Å²) in [5.74, 6) is -1.78. The Bertz CT molecular complexity index is 446. The molecule has 3 atom stereocenters. The number of esters is 1. The molecule has 1 fully saturated rings. The molecular formula is C13H15NO4. The van der Waals surface area contributed by atoms with Crippen molar-refractivity contribution in [1.29, 1.82) is 0 Å². The van der Waals surface area contributed by atoms with Crippen molar-refractivity contribution >= 4 is 11.9 Å². The molecule has 0 bridgehead atoms. The van der Waals surface area contributed by atoms with Crippen LogP contribution in [0.4, 0.5) is 0 Å². The van der Waals surface area contributed by atoms with E-state index in [2.05, 4.69) is 5.32 Å². The predicted molar refractivity (Wildman–Crippen MR) is 63.9 cm³/mol. The Morgan fingerprint density at radius 3 is 2.56 bits per heavy atom. The van der Waals surface area contributed by atoms with Crippen LogP contribution in [0.2, 0.25) is 0 Å².